The first-order valence-corrected chi connectivity index (χ1v) is 10.6. The van der Waals surface area contributed by atoms with E-state index in [1.54, 1.807) is 11.3 Å². The maximum atomic E-state index is 4.86. The quantitative estimate of drug-likeness (QED) is 0.640. The number of aliphatic imine (C=N–C) groups is 1. The van der Waals surface area contributed by atoms with E-state index < -0.39 is 0 Å². The summed E-state index contributed by atoms with van der Waals surface area (Å²) in [6, 6.07) is 4.24. The molecule has 25 heavy (non-hydrogen) atoms. The summed E-state index contributed by atoms with van der Waals surface area (Å²) in [5.74, 6) is 3.94. The van der Waals surface area contributed by atoms with Crippen LogP contribution in [0.15, 0.2) is 22.5 Å². The number of hydrogen-bond acceptors (Lipinski definition) is 5. The van der Waals surface area contributed by atoms with Crippen LogP contribution in [-0.4, -0.2) is 49.7 Å². The molecule has 3 heterocycles. The summed E-state index contributed by atoms with van der Waals surface area (Å²) in [5.41, 5.74) is 0. The molecule has 1 saturated heterocycles. The lowest BCUT2D eigenvalue weighted by atomic mass is 10.3. The fourth-order valence-electron chi connectivity index (χ4n) is 2.74. The Morgan fingerprint density at radius 1 is 1.44 bits per heavy atom. The lowest BCUT2D eigenvalue weighted by molar-refractivity contribution is 0.406. The summed E-state index contributed by atoms with van der Waals surface area (Å²) in [6.07, 6.45) is 1.20. The van der Waals surface area contributed by atoms with E-state index in [1.165, 1.54) is 11.3 Å². The average molecular weight is 379 g/mol. The molecule has 1 aliphatic rings. The van der Waals surface area contributed by atoms with Gasteiger partial charge in [0.2, 0.25) is 0 Å². The van der Waals surface area contributed by atoms with Crippen molar-refractivity contribution in [2.45, 2.75) is 38.6 Å². The topological polar surface area (TPSA) is 58.3 Å². The minimum atomic E-state index is 0.546. The Labute approximate surface area is 157 Å². The van der Waals surface area contributed by atoms with Gasteiger partial charge in [-0.3, -0.25) is 0 Å². The second kappa shape index (κ2) is 8.71. The molecule has 6 nitrogen and oxygen atoms in total. The van der Waals surface area contributed by atoms with E-state index >= 15 is 0 Å². The van der Waals surface area contributed by atoms with E-state index in [-0.39, 0.29) is 0 Å². The molecule has 2 aromatic heterocycles. The van der Waals surface area contributed by atoms with Crippen LogP contribution in [0.5, 0.6) is 0 Å². The van der Waals surface area contributed by atoms with Crippen molar-refractivity contribution in [2.75, 3.05) is 18.8 Å². The normalized spacial score (nSPS) is 18.6. The molecule has 1 atom stereocenters. The maximum absolute atomic E-state index is 4.86. The molecule has 3 rings (SSSR count). The maximum Gasteiger partial charge on any atom is 0.194 e. The number of aromatic nitrogens is 3. The SMILES string of the molecule is CCC1CN(C(=NCc2nnc(C)n2C)NCc2cccs2)CCS1. The second-order valence-corrected chi connectivity index (χ2v) is 8.58. The molecule has 136 valence electrons. The predicted octanol–water partition coefficient (Wildman–Crippen LogP) is 2.66. The highest BCUT2D eigenvalue weighted by molar-refractivity contribution is 8.00. The summed E-state index contributed by atoms with van der Waals surface area (Å²) in [6.45, 7) is 7.67. The van der Waals surface area contributed by atoms with E-state index in [9.17, 15) is 0 Å². The summed E-state index contributed by atoms with van der Waals surface area (Å²) in [5, 5.41) is 14.7. The van der Waals surface area contributed by atoms with Gasteiger partial charge in [-0.05, 0) is 24.8 Å². The third-order valence-electron chi connectivity index (χ3n) is 4.45. The summed E-state index contributed by atoms with van der Waals surface area (Å²) in [4.78, 5) is 8.57. The predicted molar refractivity (Wildman–Crippen MR) is 106 cm³/mol. The van der Waals surface area contributed by atoms with Gasteiger partial charge in [-0.2, -0.15) is 11.8 Å². The standard InChI is InChI=1S/C17H26N6S2/c1-4-14-12-23(7-9-25-14)17(18-10-15-6-5-8-24-15)19-11-16-21-20-13(2)22(16)3/h5-6,8,14H,4,7,9-12H2,1-3H3,(H,18,19). The van der Waals surface area contributed by atoms with Crippen molar-refractivity contribution in [3.05, 3.63) is 34.0 Å². The van der Waals surface area contributed by atoms with Crippen LogP contribution in [0, 0.1) is 6.92 Å². The number of nitrogens with one attached hydrogen (secondary N) is 1. The van der Waals surface area contributed by atoms with Crippen molar-refractivity contribution >= 4 is 29.1 Å². The van der Waals surface area contributed by atoms with Crippen molar-refractivity contribution in [1.29, 1.82) is 0 Å². The lowest BCUT2D eigenvalue weighted by Crippen LogP contribution is -2.47. The average Bonchev–Trinajstić information content (AvgIpc) is 3.27. The van der Waals surface area contributed by atoms with E-state index in [2.05, 4.69) is 56.6 Å². The van der Waals surface area contributed by atoms with Crippen LogP contribution in [0.3, 0.4) is 0 Å². The minimum Gasteiger partial charge on any atom is -0.351 e. The summed E-state index contributed by atoms with van der Waals surface area (Å²) < 4.78 is 2.00. The first kappa shape index (κ1) is 18.3. The van der Waals surface area contributed by atoms with Crippen LogP contribution in [0.25, 0.3) is 0 Å². The van der Waals surface area contributed by atoms with Gasteiger partial charge in [0.15, 0.2) is 11.8 Å². The van der Waals surface area contributed by atoms with Gasteiger partial charge in [0.1, 0.15) is 12.4 Å². The van der Waals surface area contributed by atoms with Gasteiger partial charge in [0, 0.05) is 36.0 Å². The van der Waals surface area contributed by atoms with Crippen LogP contribution in [-0.2, 0) is 20.1 Å². The van der Waals surface area contributed by atoms with E-state index in [0.29, 0.717) is 11.8 Å². The van der Waals surface area contributed by atoms with E-state index in [0.717, 1.165) is 43.0 Å². The molecule has 0 saturated carbocycles. The van der Waals surface area contributed by atoms with Gasteiger partial charge in [-0.15, -0.1) is 21.5 Å². The van der Waals surface area contributed by atoms with Gasteiger partial charge < -0.3 is 14.8 Å². The zero-order chi connectivity index (χ0) is 17.6. The van der Waals surface area contributed by atoms with Gasteiger partial charge in [0.05, 0.1) is 6.54 Å². The van der Waals surface area contributed by atoms with Gasteiger partial charge >= 0.3 is 0 Å². The third kappa shape index (κ3) is 4.76. The number of guanidine groups is 1. The molecular weight excluding hydrogens is 352 g/mol. The first-order valence-electron chi connectivity index (χ1n) is 8.69. The van der Waals surface area contributed by atoms with Gasteiger partial charge in [0.25, 0.3) is 0 Å². The van der Waals surface area contributed by atoms with Crippen molar-refractivity contribution in [2.24, 2.45) is 12.0 Å². The molecule has 1 unspecified atom stereocenters. The number of rotatable bonds is 5. The molecule has 1 N–H and O–H groups in total. The Morgan fingerprint density at radius 2 is 2.32 bits per heavy atom. The van der Waals surface area contributed by atoms with Crippen LogP contribution >= 0.6 is 23.1 Å². The molecule has 0 amide bonds. The van der Waals surface area contributed by atoms with Crippen molar-refractivity contribution in [3.8, 4) is 0 Å². The number of thiophene rings is 1. The van der Waals surface area contributed by atoms with Crippen molar-refractivity contribution in [3.63, 3.8) is 0 Å². The molecule has 0 bridgehead atoms. The Bertz CT molecular complexity index is 694. The molecule has 0 radical (unpaired) electrons. The van der Waals surface area contributed by atoms with E-state index in [1.807, 2.05) is 18.5 Å². The zero-order valence-corrected chi connectivity index (χ0v) is 16.7. The summed E-state index contributed by atoms with van der Waals surface area (Å²) in [7, 11) is 1.99. The van der Waals surface area contributed by atoms with Crippen LogP contribution in [0.2, 0.25) is 0 Å². The zero-order valence-electron chi connectivity index (χ0n) is 15.1. The Balaban J connectivity index is 1.72. The van der Waals surface area contributed by atoms with E-state index in [4.69, 9.17) is 4.99 Å². The summed E-state index contributed by atoms with van der Waals surface area (Å²) >= 11 is 3.84. The monoisotopic (exact) mass is 378 g/mol. The number of hydrogen-bond donors (Lipinski definition) is 1. The largest absolute Gasteiger partial charge is 0.351 e. The van der Waals surface area contributed by atoms with Crippen LogP contribution < -0.4 is 5.32 Å². The number of aryl methyl sites for hydroxylation is 1. The molecule has 1 fully saturated rings. The fraction of sp³-hybridized carbons (Fsp3) is 0.588. The van der Waals surface area contributed by atoms with Gasteiger partial charge in [-0.25, -0.2) is 4.99 Å². The molecule has 0 spiro atoms. The van der Waals surface area contributed by atoms with Crippen LogP contribution in [0.4, 0.5) is 0 Å². The molecular formula is C17H26N6S2. The first-order chi connectivity index (χ1) is 12.2. The number of thioether (sulfide) groups is 1. The Kier molecular flexibility index (Phi) is 6.36. The Morgan fingerprint density at radius 3 is 3.00 bits per heavy atom. The Hall–Kier alpha value is -1.54. The minimum absolute atomic E-state index is 0.546. The van der Waals surface area contributed by atoms with Crippen molar-refractivity contribution in [1.82, 2.24) is 25.0 Å². The lowest BCUT2D eigenvalue weighted by Gasteiger charge is -2.34. The third-order valence-corrected chi connectivity index (χ3v) is 6.70. The van der Waals surface area contributed by atoms with Gasteiger partial charge in [-0.1, -0.05) is 13.0 Å². The van der Waals surface area contributed by atoms with Crippen molar-refractivity contribution < 1.29 is 0 Å². The molecule has 8 heteroatoms. The highest BCUT2D eigenvalue weighted by atomic mass is 32.2. The highest BCUT2D eigenvalue weighted by Crippen LogP contribution is 2.21. The fourth-order valence-corrected chi connectivity index (χ4v) is 4.56. The smallest absolute Gasteiger partial charge is 0.194 e. The molecule has 0 aliphatic carbocycles. The highest BCUT2D eigenvalue weighted by Gasteiger charge is 2.22. The molecule has 2 aromatic rings. The number of nitrogens with zero attached hydrogens (tertiary/aromatic N) is 5. The second-order valence-electron chi connectivity index (χ2n) is 6.14. The van der Waals surface area contributed by atoms with Crippen LogP contribution in [0.1, 0.15) is 29.9 Å². The molecule has 0 aromatic carbocycles. The molecule has 1 aliphatic heterocycles.